The van der Waals surface area contributed by atoms with Gasteiger partial charge in [-0.2, -0.15) is 4.57 Å². The van der Waals surface area contributed by atoms with E-state index in [-0.39, 0.29) is 17.5 Å². The van der Waals surface area contributed by atoms with Gasteiger partial charge in [0.2, 0.25) is 11.8 Å². The van der Waals surface area contributed by atoms with Crippen LogP contribution in [0.15, 0.2) is 67.0 Å². The third-order valence-electron chi connectivity index (χ3n) is 6.17. The molecule has 1 atom stereocenters. The van der Waals surface area contributed by atoms with Gasteiger partial charge in [0.1, 0.15) is 0 Å². The maximum absolute atomic E-state index is 13.1. The third kappa shape index (κ3) is 3.24. The van der Waals surface area contributed by atoms with Crippen LogP contribution in [0, 0.1) is 10.1 Å². The molecule has 0 fully saturated rings. The molecule has 0 saturated heterocycles. The van der Waals surface area contributed by atoms with Gasteiger partial charge in [0.05, 0.1) is 10.6 Å². The molecule has 0 saturated carbocycles. The molecule has 0 radical (unpaired) electrons. The quantitative estimate of drug-likeness (QED) is 0.379. The number of hydrogen-bond acceptors (Lipinski definition) is 4. The minimum absolute atomic E-state index is 0.0294. The Balaban J connectivity index is 1.40. The average molecular weight is 400 g/mol. The standard InChI is InChI=1S/C24H22N3O3/c28-24-21-14-20(27(29)30)8-6-18(21)7-9-23(24)26-13-11-22-19(16-26)10-12-25(22)15-17-4-2-1-3-5-17/h1-6,8,11,13-14,16,23H,7,9-10,12,15H2/q+1. The van der Waals surface area contributed by atoms with E-state index in [0.717, 1.165) is 31.5 Å². The van der Waals surface area contributed by atoms with Crippen molar-refractivity contribution in [3.05, 3.63) is 99.4 Å². The Morgan fingerprint density at radius 1 is 1.07 bits per heavy atom. The van der Waals surface area contributed by atoms with Crippen molar-refractivity contribution >= 4 is 17.2 Å². The first kappa shape index (κ1) is 18.5. The molecule has 0 N–H and O–H groups in total. The highest BCUT2D eigenvalue weighted by atomic mass is 16.6. The van der Waals surface area contributed by atoms with E-state index < -0.39 is 4.92 Å². The highest BCUT2D eigenvalue weighted by molar-refractivity contribution is 6.00. The SMILES string of the molecule is O=C1c2cc([N+](=O)[O-])ccc2CCC1[n+]1ccc2c(c1)CCN2Cc1ccccc1. The Labute approximate surface area is 174 Å². The van der Waals surface area contributed by atoms with Gasteiger partial charge in [-0.05, 0) is 24.0 Å². The summed E-state index contributed by atoms with van der Waals surface area (Å²) < 4.78 is 1.99. The molecule has 30 heavy (non-hydrogen) atoms. The normalized spacial score (nSPS) is 17.5. The number of ketones is 1. The first-order valence-corrected chi connectivity index (χ1v) is 10.2. The number of aryl methyl sites for hydroxylation is 1. The Kier molecular flexibility index (Phi) is 4.54. The Morgan fingerprint density at radius 2 is 1.90 bits per heavy atom. The number of hydrogen-bond donors (Lipinski definition) is 0. The first-order chi connectivity index (χ1) is 14.6. The number of non-ortho nitro benzene ring substituents is 1. The number of pyridine rings is 1. The van der Waals surface area contributed by atoms with E-state index in [1.807, 2.05) is 16.8 Å². The molecule has 2 aliphatic rings. The van der Waals surface area contributed by atoms with Gasteiger partial charge >= 0.3 is 0 Å². The second-order valence-electron chi connectivity index (χ2n) is 7.98. The number of carbonyl (C=O) groups is 1. The molecule has 0 amide bonds. The van der Waals surface area contributed by atoms with Crippen LogP contribution in [-0.4, -0.2) is 17.3 Å². The number of aromatic nitrogens is 1. The van der Waals surface area contributed by atoms with Gasteiger partial charge in [0, 0.05) is 48.8 Å². The van der Waals surface area contributed by atoms with Gasteiger partial charge in [-0.3, -0.25) is 14.9 Å². The van der Waals surface area contributed by atoms with Crippen molar-refractivity contribution in [2.45, 2.75) is 31.8 Å². The lowest BCUT2D eigenvalue weighted by Gasteiger charge is -2.21. The first-order valence-electron chi connectivity index (χ1n) is 10.2. The highest BCUT2D eigenvalue weighted by Gasteiger charge is 2.36. The molecule has 0 bridgehead atoms. The van der Waals surface area contributed by atoms with Gasteiger partial charge < -0.3 is 4.90 Å². The van der Waals surface area contributed by atoms with Crippen LogP contribution in [0.3, 0.4) is 0 Å². The second-order valence-corrected chi connectivity index (χ2v) is 7.98. The summed E-state index contributed by atoms with van der Waals surface area (Å²) >= 11 is 0. The van der Waals surface area contributed by atoms with Gasteiger partial charge in [0.25, 0.3) is 5.69 Å². The number of Topliss-reactive ketones (excluding diaryl/α,β-unsaturated/α-hetero) is 1. The zero-order valence-corrected chi connectivity index (χ0v) is 16.5. The molecular formula is C24H22N3O3+. The van der Waals surface area contributed by atoms with E-state index in [2.05, 4.69) is 41.4 Å². The van der Waals surface area contributed by atoms with Crippen molar-refractivity contribution in [3.8, 4) is 0 Å². The van der Waals surface area contributed by atoms with E-state index in [9.17, 15) is 14.9 Å². The van der Waals surface area contributed by atoms with Crippen molar-refractivity contribution < 1.29 is 14.3 Å². The van der Waals surface area contributed by atoms with Gasteiger partial charge in [-0.25, -0.2) is 0 Å². The van der Waals surface area contributed by atoms with Crippen molar-refractivity contribution in [2.75, 3.05) is 11.4 Å². The number of fused-ring (bicyclic) bond motifs is 2. The van der Waals surface area contributed by atoms with Crippen LogP contribution in [0.25, 0.3) is 0 Å². The summed E-state index contributed by atoms with van der Waals surface area (Å²) in [7, 11) is 0. The van der Waals surface area contributed by atoms with Crippen molar-refractivity contribution in [1.29, 1.82) is 0 Å². The number of benzene rings is 2. The minimum Gasteiger partial charge on any atom is -0.366 e. The van der Waals surface area contributed by atoms with Crippen molar-refractivity contribution in [3.63, 3.8) is 0 Å². The molecule has 1 aromatic heterocycles. The van der Waals surface area contributed by atoms with Crippen LogP contribution in [0.2, 0.25) is 0 Å². The predicted octanol–water partition coefficient (Wildman–Crippen LogP) is 3.82. The van der Waals surface area contributed by atoms with E-state index in [1.54, 1.807) is 6.07 Å². The molecule has 1 aliphatic heterocycles. The second kappa shape index (κ2) is 7.37. The molecule has 2 aromatic carbocycles. The van der Waals surface area contributed by atoms with Gasteiger partial charge in [-0.15, -0.1) is 0 Å². The highest BCUT2D eigenvalue weighted by Crippen LogP contribution is 2.31. The lowest BCUT2D eigenvalue weighted by Crippen LogP contribution is -2.46. The fourth-order valence-corrected chi connectivity index (χ4v) is 4.60. The summed E-state index contributed by atoms with van der Waals surface area (Å²) in [6.07, 6.45) is 6.47. The average Bonchev–Trinajstić information content (AvgIpc) is 3.16. The number of anilines is 1. The van der Waals surface area contributed by atoms with E-state index >= 15 is 0 Å². The molecule has 6 nitrogen and oxygen atoms in total. The third-order valence-corrected chi connectivity index (χ3v) is 6.17. The summed E-state index contributed by atoms with van der Waals surface area (Å²) in [5, 5.41) is 11.1. The summed E-state index contributed by atoms with van der Waals surface area (Å²) in [4.78, 5) is 26.2. The fraction of sp³-hybridized carbons (Fsp3) is 0.250. The molecular weight excluding hydrogens is 378 g/mol. The number of nitro groups is 1. The zero-order valence-electron chi connectivity index (χ0n) is 16.5. The van der Waals surface area contributed by atoms with Crippen molar-refractivity contribution in [2.24, 2.45) is 0 Å². The van der Waals surface area contributed by atoms with Crippen LogP contribution in [0.4, 0.5) is 11.4 Å². The monoisotopic (exact) mass is 400 g/mol. The molecule has 3 aromatic rings. The maximum Gasteiger partial charge on any atom is 0.270 e. The fourth-order valence-electron chi connectivity index (χ4n) is 4.60. The number of nitrogens with zero attached hydrogens (tertiary/aromatic N) is 3. The Hall–Kier alpha value is -3.54. The summed E-state index contributed by atoms with van der Waals surface area (Å²) in [6.45, 7) is 1.83. The smallest absolute Gasteiger partial charge is 0.270 e. The molecule has 5 rings (SSSR count). The van der Waals surface area contributed by atoms with E-state index in [4.69, 9.17) is 0 Å². The number of carbonyl (C=O) groups excluding carboxylic acids is 1. The topological polar surface area (TPSA) is 67.3 Å². The van der Waals surface area contributed by atoms with Crippen LogP contribution in [-0.2, 0) is 19.4 Å². The molecule has 2 heterocycles. The molecule has 150 valence electrons. The largest absolute Gasteiger partial charge is 0.366 e. The lowest BCUT2D eigenvalue weighted by molar-refractivity contribution is -0.709. The molecule has 6 heteroatoms. The van der Waals surface area contributed by atoms with Crippen LogP contribution in [0.1, 0.15) is 39.5 Å². The predicted molar refractivity (Wildman–Crippen MR) is 113 cm³/mol. The number of rotatable bonds is 4. The Bertz CT molecular complexity index is 1140. The lowest BCUT2D eigenvalue weighted by atomic mass is 9.86. The molecule has 1 aliphatic carbocycles. The minimum atomic E-state index is -0.443. The van der Waals surface area contributed by atoms with Crippen LogP contribution >= 0.6 is 0 Å². The van der Waals surface area contributed by atoms with E-state index in [0.29, 0.717) is 12.0 Å². The summed E-state index contributed by atoms with van der Waals surface area (Å²) in [6, 6.07) is 16.8. The van der Waals surface area contributed by atoms with Crippen molar-refractivity contribution in [1.82, 2.24) is 0 Å². The van der Waals surface area contributed by atoms with Gasteiger partial charge in [-0.1, -0.05) is 36.4 Å². The maximum atomic E-state index is 13.1. The summed E-state index contributed by atoms with van der Waals surface area (Å²) in [5.74, 6) is -0.0379. The number of nitro benzene ring substituents is 1. The molecule has 0 spiro atoms. The van der Waals surface area contributed by atoms with Gasteiger partial charge in [0.15, 0.2) is 12.4 Å². The van der Waals surface area contributed by atoms with Crippen LogP contribution in [0.5, 0.6) is 0 Å². The molecule has 1 unspecified atom stereocenters. The summed E-state index contributed by atoms with van der Waals surface area (Å²) in [5.41, 5.74) is 5.10. The zero-order chi connectivity index (χ0) is 20.7. The Morgan fingerprint density at radius 3 is 2.70 bits per heavy atom. The van der Waals surface area contributed by atoms with Crippen LogP contribution < -0.4 is 9.47 Å². The van der Waals surface area contributed by atoms with E-state index in [1.165, 1.54) is 28.9 Å².